The normalized spacial score (nSPS) is 12.9. The van der Waals surface area contributed by atoms with Crippen molar-refractivity contribution in [1.29, 1.82) is 0 Å². The Morgan fingerprint density at radius 3 is 1.27 bits per heavy atom. The van der Waals surface area contributed by atoms with Gasteiger partial charge in [0.25, 0.3) is 0 Å². The highest BCUT2D eigenvalue weighted by Crippen LogP contribution is 2.43. The third-order valence-corrected chi connectivity index (χ3v) is 13.4. The highest BCUT2D eigenvalue weighted by Gasteiger charge is 2.19. The van der Waals surface area contributed by atoms with Crippen LogP contribution in [0.2, 0.25) is 0 Å². The van der Waals surface area contributed by atoms with E-state index >= 15 is 8.78 Å². The van der Waals surface area contributed by atoms with Gasteiger partial charge >= 0.3 is 0 Å². The summed E-state index contributed by atoms with van der Waals surface area (Å²) in [6, 6.07) is 23.8. The van der Waals surface area contributed by atoms with Crippen LogP contribution in [0.3, 0.4) is 0 Å². The van der Waals surface area contributed by atoms with Gasteiger partial charge in [-0.25, -0.2) is 8.78 Å². The molecule has 2 nitrogen and oxygen atoms in total. The SMILES string of the molecule is CCCCC(CC)CCc1ccc(-c2ccc(-c3ccc(-c4ccc(-c5ccc(CCC(CC)CCCC)cc5F)s4)c4nsnc34)s2)c(F)c1. The zero-order valence-corrected chi connectivity index (χ0v) is 32.9. The van der Waals surface area contributed by atoms with Crippen LogP contribution in [-0.2, 0) is 12.8 Å². The fraction of sp³-hybridized carbons (Fsp3) is 0.409. The van der Waals surface area contributed by atoms with Crippen LogP contribution >= 0.6 is 34.4 Å². The fourth-order valence-corrected chi connectivity index (χ4v) is 9.87. The number of thiophene rings is 2. The molecule has 0 saturated heterocycles. The quantitative estimate of drug-likeness (QED) is 0.0877. The van der Waals surface area contributed by atoms with E-state index in [4.69, 9.17) is 8.75 Å². The predicted molar refractivity (Wildman–Crippen MR) is 218 cm³/mol. The van der Waals surface area contributed by atoms with Crippen molar-refractivity contribution in [1.82, 2.24) is 8.75 Å². The molecule has 3 aromatic carbocycles. The monoisotopic (exact) mass is 740 g/mol. The van der Waals surface area contributed by atoms with Crippen molar-refractivity contribution >= 4 is 45.4 Å². The van der Waals surface area contributed by atoms with Crippen molar-refractivity contribution in [2.24, 2.45) is 11.8 Å². The number of aryl methyl sites for hydroxylation is 2. The summed E-state index contributed by atoms with van der Waals surface area (Å²) < 4.78 is 40.3. The number of benzene rings is 3. The number of hydrogen-bond donors (Lipinski definition) is 0. The van der Waals surface area contributed by atoms with Crippen LogP contribution < -0.4 is 0 Å². The largest absolute Gasteiger partial charge is 0.206 e. The minimum Gasteiger partial charge on any atom is -0.206 e. The van der Waals surface area contributed by atoms with E-state index in [9.17, 15) is 0 Å². The van der Waals surface area contributed by atoms with Gasteiger partial charge in [0, 0.05) is 41.8 Å². The summed E-state index contributed by atoms with van der Waals surface area (Å²) in [5.74, 6) is 1.10. The van der Waals surface area contributed by atoms with Gasteiger partial charge in [-0.15, -0.1) is 22.7 Å². The van der Waals surface area contributed by atoms with Crippen LogP contribution in [0.25, 0.3) is 52.8 Å². The van der Waals surface area contributed by atoms with E-state index in [-0.39, 0.29) is 11.6 Å². The Morgan fingerprint density at radius 2 is 0.902 bits per heavy atom. The predicted octanol–water partition coefficient (Wildman–Crippen LogP) is 15.1. The average molecular weight is 741 g/mol. The molecule has 6 aromatic rings. The van der Waals surface area contributed by atoms with Crippen molar-refractivity contribution < 1.29 is 8.78 Å². The molecule has 0 aliphatic rings. The molecule has 268 valence electrons. The van der Waals surface area contributed by atoms with E-state index in [1.165, 1.54) is 63.1 Å². The molecule has 51 heavy (non-hydrogen) atoms. The maximum absolute atomic E-state index is 15.4. The Hall–Kier alpha value is -3.26. The van der Waals surface area contributed by atoms with Gasteiger partial charge in [-0.2, -0.15) is 8.75 Å². The summed E-state index contributed by atoms with van der Waals surface area (Å²) in [6.07, 6.45) is 13.9. The van der Waals surface area contributed by atoms with E-state index in [1.54, 1.807) is 34.8 Å². The summed E-state index contributed by atoms with van der Waals surface area (Å²) in [7, 11) is 0. The van der Waals surface area contributed by atoms with Gasteiger partial charge in [0.05, 0.1) is 11.7 Å². The first-order valence-corrected chi connectivity index (χ1v) is 21.3. The second kappa shape index (κ2) is 18.0. The molecule has 0 spiro atoms. The topological polar surface area (TPSA) is 25.8 Å². The van der Waals surface area contributed by atoms with Crippen molar-refractivity contribution in [2.75, 3.05) is 0 Å². The third-order valence-electron chi connectivity index (χ3n) is 10.5. The van der Waals surface area contributed by atoms with Gasteiger partial charge in [-0.3, -0.25) is 0 Å². The Morgan fingerprint density at radius 1 is 0.510 bits per heavy atom. The van der Waals surface area contributed by atoms with Crippen LogP contribution in [-0.4, -0.2) is 8.75 Å². The number of nitrogens with zero attached hydrogens (tertiary/aromatic N) is 2. The Bertz CT molecular complexity index is 1880. The lowest BCUT2D eigenvalue weighted by atomic mass is 9.92. The highest BCUT2D eigenvalue weighted by atomic mass is 32.1. The van der Waals surface area contributed by atoms with Crippen LogP contribution in [0.1, 0.15) is 103 Å². The van der Waals surface area contributed by atoms with Crippen molar-refractivity contribution in [2.45, 2.75) is 105 Å². The molecule has 2 atom stereocenters. The maximum atomic E-state index is 15.4. The first-order valence-electron chi connectivity index (χ1n) is 18.9. The fourth-order valence-electron chi connectivity index (χ4n) is 7.18. The molecule has 7 heteroatoms. The smallest absolute Gasteiger partial charge is 0.132 e. The van der Waals surface area contributed by atoms with Crippen LogP contribution in [0.5, 0.6) is 0 Å². The summed E-state index contributed by atoms with van der Waals surface area (Å²) in [4.78, 5) is 3.87. The molecule has 0 amide bonds. The maximum Gasteiger partial charge on any atom is 0.132 e. The van der Waals surface area contributed by atoms with Gasteiger partial charge in [-0.05, 0) is 85.0 Å². The molecule has 0 bridgehead atoms. The summed E-state index contributed by atoms with van der Waals surface area (Å²) in [6.45, 7) is 9.01. The highest BCUT2D eigenvalue weighted by molar-refractivity contribution is 7.19. The van der Waals surface area contributed by atoms with Crippen molar-refractivity contribution in [3.63, 3.8) is 0 Å². The molecule has 0 N–H and O–H groups in total. The van der Waals surface area contributed by atoms with E-state index in [2.05, 4.69) is 64.1 Å². The summed E-state index contributed by atoms with van der Waals surface area (Å²) in [5, 5.41) is 0. The lowest BCUT2D eigenvalue weighted by molar-refractivity contribution is 0.421. The minimum absolute atomic E-state index is 0.162. The van der Waals surface area contributed by atoms with E-state index in [0.717, 1.165) is 78.5 Å². The van der Waals surface area contributed by atoms with Crippen LogP contribution in [0.4, 0.5) is 8.78 Å². The number of halogens is 2. The summed E-state index contributed by atoms with van der Waals surface area (Å²) in [5.41, 5.74) is 7.09. The standard InChI is InChI=1S/C44H50F2N2S3/c1-5-9-11-29(7-3)13-15-31-17-19-33(37(45)27-31)39-23-25-41(49-39)35-21-22-36(44-43(35)47-51-48-44)42-26-24-40(50-42)34-20-18-32(28-38(34)46)16-14-30(8-4)12-10-6-2/h17-30H,5-16H2,1-4H3. The molecule has 0 radical (unpaired) electrons. The summed E-state index contributed by atoms with van der Waals surface area (Å²) >= 11 is 4.36. The lowest BCUT2D eigenvalue weighted by Crippen LogP contribution is -2.01. The lowest BCUT2D eigenvalue weighted by Gasteiger charge is -2.14. The Kier molecular flexibility index (Phi) is 13.2. The van der Waals surface area contributed by atoms with Gasteiger partial charge in [-0.1, -0.05) is 115 Å². The van der Waals surface area contributed by atoms with E-state index in [0.29, 0.717) is 23.0 Å². The van der Waals surface area contributed by atoms with Crippen LogP contribution in [0, 0.1) is 23.5 Å². The average Bonchev–Trinajstić information content (AvgIpc) is 3.94. The number of aromatic nitrogens is 2. The number of rotatable bonds is 18. The first-order chi connectivity index (χ1) is 24.9. The third kappa shape index (κ3) is 9.04. The molecule has 0 fully saturated rings. The molecule has 0 saturated carbocycles. The number of unbranched alkanes of at least 4 members (excludes halogenated alkanes) is 2. The molecule has 0 aliphatic carbocycles. The Balaban J connectivity index is 1.17. The van der Waals surface area contributed by atoms with Crippen LogP contribution in [0.15, 0.2) is 72.8 Å². The molecule has 2 unspecified atom stereocenters. The van der Waals surface area contributed by atoms with Crippen molar-refractivity contribution in [3.05, 3.63) is 95.6 Å². The molecule has 0 aliphatic heterocycles. The molecule has 6 rings (SSSR count). The van der Waals surface area contributed by atoms with Gasteiger partial charge in [0.15, 0.2) is 0 Å². The number of fused-ring (bicyclic) bond motifs is 1. The van der Waals surface area contributed by atoms with E-state index < -0.39 is 0 Å². The second-order valence-electron chi connectivity index (χ2n) is 14.0. The van der Waals surface area contributed by atoms with Gasteiger partial charge in [0.2, 0.25) is 0 Å². The van der Waals surface area contributed by atoms with Gasteiger partial charge < -0.3 is 0 Å². The molecule has 3 aromatic heterocycles. The van der Waals surface area contributed by atoms with Gasteiger partial charge in [0.1, 0.15) is 22.7 Å². The van der Waals surface area contributed by atoms with Crippen molar-refractivity contribution in [3.8, 4) is 41.8 Å². The molecule has 3 heterocycles. The minimum atomic E-state index is -0.162. The Labute approximate surface area is 315 Å². The number of hydrogen-bond acceptors (Lipinski definition) is 5. The first kappa shape index (κ1) is 37.5. The van der Waals surface area contributed by atoms with E-state index in [1.807, 2.05) is 24.3 Å². The zero-order chi connectivity index (χ0) is 35.7. The molecular formula is C44H50F2N2S3. The zero-order valence-electron chi connectivity index (χ0n) is 30.4. The molecular weight excluding hydrogens is 691 g/mol. The second-order valence-corrected chi connectivity index (χ2v) is 16.7.